The van der Waals surface area contributed by atoms with E-state index in [0.29, 0.717) is 36.8 Å². The van der Waals surface area contributed by atoms with Gasteiger partial charge in [-0.25, -0.2) is 0 Å². The van der Waals surface area contributed by atoms with Crippen LogP contribution in [0.5, 0.6) is 0 Å². The molecule has 0 saturated carbocycles. The molecule has 2 nitrogen and oxygen atoms in total. The van der Waals surface area contributed by atoms with E-state index in [0.717, 1.165) is 0 Å². The zero-order chi connectivity index (χ0) is 14.2. The molecule has 2 aromatic rings. The van der Waals surface area contributed by atoms with E-state index in [-0.39, 0.29) is 0 Å². The number of hydrogen-bond donors (Lipinski definition) is 1. The Morgan fingerprint density at radius 1 is 0.895 bits per heavy atom. The number of primary amides is 1. The maximum absolute atomic E-state index is 11.2. The lowest BCUT2D eigenvalue weighted by Crippen LogP contribution is -2.10. The number of hydrogen-bond acceptors (Lipinski definition) is 1. The van der Waals surface area contributed by atoms with Crippen LogP contribution >= 0.6 is 46.4 Å². The average molecular weight is 335 g/mol. The van der Waals surface area contributed by atoms with E-state index in [1.807, 2.05) is 0 Å². The maximum atomic E-state index is 11.2. The van der Waals surface area contributed by atoms with Crippen molar-refractivity contribution in [2.24, 2.45) is 5.73 Å². The molecule has 98 valence electrons. The highest BCUT2D eigenvalue weighted by atomic mass is 35.5. The molecule has 0 bridgehead atoms. The second-order valence-electron chi connectivity index (χ2n) is 3.81. The third kappa shape index (κ3) is 2.98. The van der Waals surface area contributed by atoms with Crippen LogP contribution in [-0.2, 0) is 0 Å². The van der Waals surface area contributed by atoms with Gasteiger partial charge in [-0.3, -0.25) is 4.79 Å². The van der Waals surface area contributed by atoms with Gasteiger partial charge in [0.15, 0.2) is 0 Å². The molecule has 2 aromatic carbocycles. The van der Waals surface area contributed by atoms with E-state index in [9.17, 15) is 4.79 Å². The van der Waals surface area contributed by atoms with E-state index in [1.165, 1.54) is 12.1 Å². The van der Waals surface area contributed by atoms with Crippen molar-refractivity contribution in [1.82, 2.24) is 0 Å². The van der Waals surface area contributed by atoms with Gasteiger partial charge in [0.25, 0.3) is 0 Å². The highest BCUT2D eigenvalue weighted by Gasteiger charge is 2.14. The Morgan fingerprint density at radius 3 is 2.21 bits per heavy atom. The Bertz CT molecular complexity index is 670. The largest absolute Gasteiger partial charge is 0.366 e. The van der Waals surface area contributed by atoms with Gasteiger partial charge in [0.2, 0.25) is 5.91 Å². The number of carbonyl (C=O) groups is 1. The van der Waals surface area contributed by atoms with Crippen LogP contribution in [0, 0.1) is 0 Å². The van der Waals surface area contributed by atoms with Crippen molar-refractivity contribution in [3.63, 3.8) is 0 Å². The van der Waals surface area contributed by atoms with E-state index in [4.69, 9.17) is 52.1 Å². The van der Waals surface area contributed by atoms with Crippen molar-refractivity contribution in [1.29, 1.82) is 0 Å². The summed E-state index contributed by atoms with van der Waals surface area (Å²) in [7, 11) is 0. The third-order valence-corrected chi connectivity index (χ3v) is 3.88. The molecule has 0 unspecified atom stereocenters. The minimum atomic E-state index is -0.554. The Morgan fingerprint density at radius 2 is 1.58 bits per heavy atom. The summed E-state index contributed by atoms with van der Waals surface area (Å²) in [6, 6.07) is 7.82. The number of carbonyl (C=O) groups excluding carboxylic acids is 1. The second-order valence-corrected chi connectivity index (χ2v) is 5.44. The highest BCUT2D eigenvalue weighted by Crippen LogP contribution is 2.39. The first kappa shape index (κ1) is 14.5. The van der Waals surface area contributed by atoms with Crippen molar-refractivity contribution < 1.29 is 4.79 Å². The van der Waals surface area contributed by atoms with Gasteiger partial charge in [-0.1, -0.05) is 46.4 Å². The molecule has 0 aliphatic rings. The summed E-state index contributed by atoms with van der Waals surface area (Å²) in [6.45, 7) is 0. The van der Waals surface area contributed by atoms with Crippen LogP contribution in [0.25, 0.3) is 11.1 Å². The predicted molar refractivity (Wildman–Crippen MR) is 80.4 cm³/mol. The molecule has 0 fully saturated rings. The van der Waals surface area contributed by atoms with Gasteiger partial charge >= 0.3 is 0 Å². The number of rotatable bonds is 2. The standard InChI is InChI=1S/C13H7Cl4NO/c14-7-4-9(12(17)11(16)5-7)8-3-6(13(18)19)1-2-10(8)15/h1-5H,(H2,18,19). The van der Waals surface area contributed by atoms with Crippen LogP contribution in [0.1, 0.15) is 10.4 Å². The zero-order valence-corrected chi connectivity index (χ0v) is 12.4. The molecule has 2 rings (SSSR count). The van der Waals surface area contributed by atoms with Gasteiger partial charge in [0.1, 0.15) is 0 Å². The molecule has 0 radical (unpaired) electrons. The summed E-state index contributed by atoms with van der Waals surface area (Å²) in [5.41, 5.74) is 6.66. The summed E-state index contributed by atoms with van der Waals surface area (Å²) in [5, 5.41) is 1.47. The van der Waals surface area contributed by atoms with Gasteiger partial charge in [0, 0.05) is 26.7 Å². The van der Waals surface area contributed by atoms with Crippen LogP contribution < -0.4 is 5.73 Å². The molecule has 0 heterocycles. The van der Waals surface area contributed by atoms with Gasteiger partial charge in [-0.15, -0.1) is 0 Å². The molecule has 0 atom stereocenters. The van der Waals surface area contributed by atoms with Crippen LogP contribution in [0.2, 0.25) is 20.1 Å². The van der Waals surface area contributed by atoms with Crippen LogP contribution in [-0.4, -0.2) is 5.91 Å². The fourth-order valence-electron chi connectivity index (χ4n) is 1.64. The Labute approximate surface area is 130 Å². The minimum absolute atomic E-state index is 0.310. The zero-order valence-electron chi connectivity index (χ0n) is 9.38. The van der Waals surface area contributed by atoms with Gasteiger partial charge in [-0.05, 0) is 30.3 Å². The minimum Gasteiger partial charge on any atom is -0.366 e. The second kappa shape index (κ2) is 5.59. The SMILES string of the molecule is NC(=O)c1ccc(Cl)c(-c2cc(Cl)cc(Cl)c2Cl)c1. The average Bonchev–Trinajstić information content (AvgIpc) is 2.34. The lowest BCUT2D eigenvalue weighted by atomic mass is 10.0. The molecule has 0 aromatic heterocycles. The molecular weight excluding hydrogens is 328 g/mol. The maximum Gasteiger partial charge on any atom is 0.248 e. The Hall–Kier alpha value is -0.930. The fraction of sp³-hybridized carbons (Fsp3) is 0. The van der Waals surface area contributed by atoms with Crippen molar-refractivity contribution in [3.05, 3.63) is 56.0 Å². The summed E-state index contributed by atoms with van der Waals surface area (Å²) >= 11 is 24.2. The van der Waals surface area contributed by atoms with Crippen LogP contribution in [0.15, 0.2) is 30.3 Å². The monoisotopic (exact) mass is 333 g/mol. The van der Waals surface area contributed by atoms with Crippen molar-refractivity contribution in [2.75, 3.05) is 0 Å². The van der Waals surface area contributed by atoms with E-state index >= 15 is 0 Å². The topological polar surface area (TPSA) is 43.1 Å². The van der Waals surface area contributed by atoms with Gasteiger partial charge in [0.05, 0.1) is 10.0 Å². The Balaban J connectivity index is 2.71. The molecule has 0 aliphatic carbocycles. The Kier molecular flexibility index (Phi) is 4.26. The molecule has 0 saturated heterocycles. The first-order chi connectivity index (χ1) is 8.90. The highest BCUT2D eigenvalue weighted by molar-refractivity contribution is 6.45. The molecule has 6 heteroatoms. The van der Waals surface area contributed by atoms with Crippen molar-refractivity contribution >= 4 is 52.3 Å². The van der Waals surface area contributed by atoms with E-state index < -0.39 is 5.91 Å². The van der Waals surface area contributed by atoms with Crippen molar-refractivity contribution in [2.45, 2.75) is 0 Å². The quantitative estimate of drug-likeness (QED) is 0.766. The van der Waals surface area contributed by atoms with E-state index in [2.05, 4.69) is 0 Å². The molecule has 2 N–H and O–H groups in total. The normalized spacial score (nSPS) is 10.5. The molecular formula is C13H7Cl4NO. The number of halogens is 4. The molecule has 19 heavy (non-hydrogen) atoms. The number of amides is 1. The molecule has 0 spiro atoms. The smallest absolute Gasteiger partial charge is 0.248 e. The summed E-state index contributed by atoms with van der Waals surface area (Å²) in [6.07, 6.45) is 0. The van der Waals surface area contributed by atoms with Crippen LogP contribution in [0.3, 0.4) is 0 Å². The first-order valence-electron chi connectivity index (χ1n) is 5.14. The van der Waals surface area contributed by atoms with Crippen LogP contribution in [0.4, 0.5) is 0 Å². The van der Waals surface area contributed by atoms with Gasteiger partial charge in [-0.2, -0.15) is 0 Å². The lowest BCUT2D eigenvalue weighted by Gasteiger charge is -2.10. The molecule has 1 amide bonds. The number of benzene rings is 2. The van der Waals surface area contributed by atoms with Gasteiger partial charge < -0.3 is 5.73 Å². The third-order valence-electron chi connectivity index (χ3n) is 2.53. The summed E-state index contributed by atoms with van der Waals surface area (Å²) in [4.78, 5) is 11.2. The first-order valence-corrected chi connectivity index (χ1v) is 6.65. The predicted octanol–water partition coefficient (Wildman–Crippen LogP) is 5.07. The van der Waals surface area contributed by atoms with E-state index in [1.54, 1.807) is 18.2 Å². The fourth-order valence-corrected chi connectivity index (χ4v) is 2.56. The van der Waals surface area contributed by atoms with Crippen molar-refractivity contribution in [3.8, 4) is 11.1 Å². The molecule has 0 aliphatic heterocycles. The lowest BCUT2D eigenvalue weighted by molar-refractivity contribution is 0.100. The summed E-state index contributed by atoms with van der Waals surface area (Å²) in [5.74, 6) is -0.554. The summed E-state index contributed by atoms with van der Waals surface area (Å²) < 4.78 is 0. The number of nitrogens with two attached hydrogens (primary N) is 1.